The number of phenols is 1. The number of ether oxygens (including phenoxy) is 1. The smallest absolute Gasteiger partial charge is 0.275 e. The number of halogens is 2. The molecule has 3 aromatic rings. The van der Waals surface area contributed by atoms with E-state index >= 15 is 0 Å². The molecule has 0 aliphatic carbocycles. The van der Waals surface area contributed by atoms with Gasteiger partial charge in [0.05, 0.1) is 16.3 Å². The van der Waals surface area contributed by atoms with E-state index in [0.29, 0.717) is 12.4 Å². The standard InChI is InChI=1S/C21H16Br2N2O3/c22-16-8-5-14(6-9-16)13-28-20-10-7-15(11-18(20)23)12-24-25-21(27)17-3-1-2-4-19(17)26/h1-12,26H,13H2,(H,25,27)/b24-12+. The monoisotopic (exact) mass is 502 g/mol. The number of benzene rings is 3. The molecule has 0 fully saturated rings. The molecule has 7 heteroatoms. The molecule has 5 nitrogen and oxygen atoms in total. The molecule has 3 aromatic carbocycles. The Morgan fingerprint density at radius 3 is 2.54 bits per heavy atom. The summed E-state index contributed by atoms with van der Waals surface area (Å²) in [7, 11) is 0. The van der Waals surface area contributed by atoms with Crippen LogP contribution in [0.15, 0.2) is 80.8 Å². The minimum absolute atomic E-state index is 0.0924. The number of rotatable bonds is 6. The Hall–Kier alpha value is -2.64. The fraction of sp³-hybridized carbons (Fsp3) is 0.0476. The van der Waals surface area contributed by atoms with Gasteiger partial charge < -0.3 is 9.84 Å². The Morgan fingerprint density at radius 1 is 1.07 bits per heavy atom. The average Bonchev–Trinajstić information content (AvgIpc) is 2.69. The van der Waals surface area contributed by atoms with Crippen LogP contribution in [0.25, 0.3) is 0 Å². The molecule has 0 aromatic heterocycles. The topological polar surface area (TPSA) is 70.9 Å². The summed E-state index contributed by atoms with van der Waals surface area (Å²) in [6.07, 6.45) is 1.52. The first-order chi connectivity index (χ1) is 13.5. The van der Waals surface area contributed by atoms with Crippen molar-refractivity contribution in [3.05, 3.63) is 92.4 Å². The zero-order chi connectivity index (χ0) is 19.9. The lowest BCUT2D eigenvalue weighted by Crippen LogP contribution is -2.17. The lowest BCUT2D eigenvalue weighted by atomic mass is 10.2. The Kier molecular flexibility index (Phi) is 6.84. The number of nitrogens with one attached hydrogen (secondary N) is 1. The van der Waals surface area contributed by atoms with Gasteiger partial charge in [0.25, 0.3) is 5.91 Å². The van der Waals surface area contributed by atoms with E-state index in [1.807, 2.05) is 42.5 Å². The maximum absolute atomic E-state index is 12.0. The molecule has 0 radical (unpaired) electrons. The maximum Gasteiger partial charge on any atom is 0.275 e. The quantitative estimate of drug-likeness (QED) is 0.356. The summed E-state index contributed by atoms with van der Waals surface area (Å²) < 4.78 is 7.63. The summed E-state index contributed by atoms with van der Waals surface area (Å²) in [6, 6.07) is 19.7. The van der Waals surface area contributed by atoms with E-state index in [1.54, 1.807) is 12.1 Å². The van der Waals surface area contributed by atoms with E-state index in [2.05, 4.69) is 42.4 Å². The minimum atomic E-state index is -0.483. The van der Waals surface area contributed by atoms with Gasteiger partial charge in [-0.2, -0.15) is 5.10 Å². The second-order valence-corrected chi connectivity index (χ2v) is 7.59. The first kappa shape index (κ1) is 20.1. The van der Waals surface area contributed by atoms with Crippen LogP contribution in [-0.2, 0) is 6.61 Å². The summed E-state index contributed by atoms with van der Waals surface area (Å²) >= 11 is 6.89. The van der Waals surface area contributed by atoms with Crippen LogP contribution in [0.1, 0.15) is 21.5 Å². The molecule has 0 heterocycles. The number of aromatic hydroxyl groups is 1. The number of phenolic OH excluding ortho intramolecular Hbond substituents is 1. The van der Waals surface area contributed by atoms with E-state index in [1.165, 1.54) is 18.3 Å². The van der Waals surface area contributed by atoms with Gasteiger partial charge in [0.15, 0.2) is 0 Å². The van der Waals surface area contributed by atoms with Crippen molar-refractivity contribution in [2.75, 3.05) is 0 Å². The number of hydrogen-bond acceptors (Lipinski definition) is 4. The van der Waals surface area contributed by atoms with Crippen LogP contribution in [0.5, 0.6) is 11.5 Å². The van der Waals surface area contributed by atoms with Crippen molar-refractivity contribution in [3.63, 3.8) is 0 Å². The Labute approximate surface area is 179 Å². The first-order valence-corrected chi connectivity index (χ1v) is 9.90. The van der Waals surface area contributed by atoms with Gasteiger partial charge in [0.1, 0.15) is 18.1 Å². The molecule has 142 valence electrons. The number of amides is 1. The van der Waals surface area contributed by atoms with Crippen molar-refractivity contribution in [1.82, 2.24) is 5.43 Å². The molecule has 0 spiro atoms. The lowest BCUT2D eigenvalue weighted by Gasteiger charge is -2.09. The second-order valence-electron chi connectivity index (χ2n) is 5.82. The first-order valence-electron chi connectivity index (χ1n) is 8.31. The Balaban J connectivity index is 1.59. The summed E-state index contributed by atoms with van der Waals surface area (Å²) in [6.45, 7) is 0.454. The highest BCUT2D eigenvalue weighted by Crippen LogP contribution is 2.26. The molecular formula is C21H16Br2N2O3. The molecule has 3 rings (SSSR count). The molecule has 0 saturated carbocycles. The van der Waals surface area contributed by atoms with Crippen LogP contribution in [0.4, 0.5) is 0 Å². The van der Waals surface area contributed by atoms with Gasteiger partial charge in [-0.15, -0.1) is 0 Å². The number of para-hydroxylation sites is 1. The highest BCUT2D eigenvalue weighted by Gasteiger charge is 2.08. The molecule has 0 atom stereocenters. The number of carbonyl (C=O) groups is 1. The zero-order valence-corrected chi connectivity index (χ0v) is 17.8. The fourth-order valence-electron chi connectivity index (χ4n) is 2.35. The maximum atomic E-state index is 12.0. The van der Waals surface area contributed by atoms with Crippen LogP contribution in [0.2, 0.25) is 0 Å². The van der Waals surface area contributed by atoms with Gasteiger partial charge in [0, 0.05) is 4.47 Å². The van der Waals surface area contributed by atoms with Crippen molar-refractivity contribution >= 4 is 44.0 Å². The molecule has 0 bridgehead atoms. The Bertz CT molecular complexity index is 1000. The lowest BCUT2D eigenvalue weighted by molar-refractivity contribution is 0.0952. The van der Waals surface area contributed by atoms with Crippen LogP contribution >= 0.6 is 31.9 Å². The van der Waals surface area contributed by atoms with Crippen LogP contribution in [-0.4, -0.2) is 17.2 Å². The Morgan fingerprint density at radius 2 is 1.82 bits per heavy atom. The SMILES string of the molecule is O=C(N/N=C/c1ccc(OCc2ccc(Br)cc2)c(Br)c1)c1ccccc1O. The van der Waals surface area contributed by atoms with Gasteiger partial charge in [-0.25, -0.2) is 5.43 Å². The third-order valence-corrected chi connectivity index (χ3v) is 4.94. The van der Waals surface area contributed by atoms with Gasteiger partial charge >= 0.3 is 0 Å². The minimum Gasteiger partial charge on any atom is -0.507 e. The average molecular weight is 504 g/mol. The summed E-state index contributed by atoms with van der Waals surface area (Å²) in [5.74, 6) is 0.131. The number of hydrazone groups is 1. The molecule has 1 amide bonds. The van der Waals surface area contributed by atoms with E-state index in [4.69, 9.17) is 4.74 Å². The highest BCUT2D eigenvalue weighted by molar-refractivity contribution is 9.10. The van der Waals surface area contributed by atoms with E-state index in [0.717, 1.165) is 20.1 Å². The molecule has 0 unspecified atom stereocenters. The van der Waals surface area contributed by atoms with Crippen LogP contribution in [0.3, 0.4) is 0 Å². The second kappa shape index (κ2) is 9.52. The number of nitrogens with zero attached hydrogens (tertiary/aromatic N) is 1. The van der Waals surface area contributed by atoms with Gasteiger partial charge in [-0.3, -0.25) is 4.79 Å². The normalized spacial score (nSPS) is 10.8. The van der Waals surface area contributed by atoms with E-state index in [9.17, 15) is 9.90 Å². The van der Waals surface area contributed by atoms with Crippen molar-refractivity contribution in [3.8, 4) is 11.5 Å². The van der Waals surface area contributed by atoms with Gasteiger partial charge in [-0.1, -0.05) is 40.2 Å². The van der Waals surface area contributed by atoms with Crippen LogP contribution in [0, 0.1) is 0 Å². The van der Waals surface area contributed by atoms with Crippen LogP contribution < -0.4 is 10.2 Å². The van der Waals surface area contributed by atoms with Gasteiger partial charge in [-0.05, 0) is 69.5 Å². The van der Waals surface area contributed by atoms with Crippen molar-refractivity contribution in [2.45, 2.75) is 6.61 Å². The molecule has 0 aliphatic rings. The largest absolute Gasteiger partial charge is 0.507 e. The summed E-state index contributed by atoms with van der Waals surface area (Å²) in [4.78, 5) is 12.0. The third kappa shape index (κ3) is 5.43. The number of carbonyl (C=O) groups excluding carboxylic acids is 1. The van der Waals surface area contributed by atoms with Crippen molar-refractivity contribution < 1.29 is 14.6 Å². The molecule has 2 N–H and O–H groups in total. The highest BCUT2D eigenvalue weighted by atomic mass is 79.9. The summed E-state index contributed by atoms with van der Waals surface area (Å²) in [5.41, 5.74) is 4.40. The third-order valence-electron chi connectivity index (χ3n) is 3.79. The molecular weight excluding hydrogens is 488 g/mol. The van der Waals surface area contributed by atoms with Gasteiger partial charge in [0.2, 0.25) is 0 Å². The predicted molar refractivity (Wildman–Crippen MR) is 116 cm³/mol. The van der Waals surface area contributed by atoms with E-state index in [-0.39, 0.29) is 11.3 Å². The number of hydrogen-bond donors (Lipinski definition) is 2. The fourth-order valence-corrected chi connectivity index (χ4v) is 3.12. The molecule has 0 saturated heterocycles. The molecule has 28 heavy (non-hydrogen) atoms. The van der Waals surface area contributed by atoms with E-state index < -0.39 is 5.91 Å². The zero-order valence-electron chi connectivity index (χ0n) is 14.6. The summed E-state index contributed by atoms with van der Waals surface area (Å²) in [5, 5.41) is 13.6. The van der Waals surface area contributed by atoms with Crippen molar-refractivity contribution in [1.29, 1.82) is 0 Å². The predicted octanol–water partition coefficient (Wildman–Crippen LogP) is 5.26. The molecule has 0 aliphatic heterocycles. The van der Waals surface area contributed by atoms with Crippen molar-refractivity contribution in [2.24, 2.45) is 5.10 Å².